The van der Waals surface area contributed by atoms with Crippen molar-refractivity contribution < 1.29 is 14.6 Å². The minimum atomic E-state index is -0.401. The summed E-state index contributed by atoms with van der Waals surface area (Å²) in [6.45, 7) is 6.19. The van der Waals surface area contributed by atoms with Crippen molar-refractivity contribution in [2.75, 3.05) is 13.7 Å². The second kappa shape index (κ2) is 7.30. The zero-order valence-electron chi connectivity index (χ0n) is 9.12. The van der Waals surface area contributed by atoms with Crippen molar-refractivity contribution in [3.05, 3.63) is 0 Å². The molecule has 0 aromatic carbocycles. The smallest absolute Gasteiger partial charge is 0.0830 e. The fraction of sp³-hybridized carbons (Fsp3) is 1.00. The van der Waals surface area contributed by atoms with Gasteiger partial charge in [0.1, 0.15) is 0 Å². The highest BCUT2D eigenvalue weighted by molar-refractivity contribution is 4.65. The zero-order chi connectivity index (χ0) is 10.3. The lowest BCUT2D eigenvalue weighted by Gasteiger charge is -2.23. The highest BCUT2D eigenvalue weighted by Crippen LogP contribution is 2.09. The van der Waals surface area contributed by atoms with Crippen LogP contribution in [-0.4, -0.2) is 37.1 Å². The first-order valence-corrected chi connectivity index (χ1v) is 4.94. The fourth-order valence-electron chi connectivity index (χ4n) is 1.23. The lowest BCUT2D eigenvalue weighted by molar-refractivity contribution is -0.0709. The van der Waals surface area contributed by atoms with Crippen LogP contribution in [0.1, 0.15) is 33.6 Å². The number of hydrogen-bond donors (Lipinski definition) is 1. The molecule has 13 heavy (non-hydrogen) atoms. The number of ether oxygens (including phenoxy) is 2. The van der Waals surface area contributed by atoms with E-state index in [1.165, 1.54) is 0 Å². The molecule has 3 atom stereocenters. The van der Waals surface area contributed by atoms with E-state index < -0.39 is 6.10 Å². The highest BCUT2D eigenvalue weighted by atomic mass is 16.5. The minimum Gasteiger partial charge on any atom is -0.391 e. The predicted molar refractivity (Wildman–Crippen MR) is 52.8 cm³/mol. The molecule has 0 heterocycles. The Balaban J connectivity index is 3.69. The first-order valence-electron chi connectivity index (χ1n) is 4.94. The molecule has 0 aliphatic heterocycles. The molecular weight excluding hydrogens is 168 g/mol. The Labute approximate surface area is 81.0 Å². The Kier molecular flexibility index (Phi) is 7.23. The third-order valence-electron chi connectivity index (χ3n) is 2.00. The van der Waals surface area contributed by atoms with Gasteiger partial charge in [0.25, 0.3) is 0 Å². The van der Waals surface area contributed by atoms with E-state index in [0.717, 1.165) is 12.8 Å². The number of aliphatic hydroxyl groups is 1. The average Bonchev–Trinajstić information content (AvgIpc) is 2.10. The average molecular weight is 190 g/mol. The Morgan fingerprint density at radius 3 is 2.31 bits per heavy atom. The molecule has 0 amide bonds. The summed E-state index contributed by atoms with van der Waals surface area (Å²) in [4.78, 5) is 0. The van der Waals surface area contributed by atoms with Gasteiger partial charge in [0.05, 0.1) is 24.9 Å². The van der Waals surface area contributed by atoms with E-state index >= 15 is 0 Å². The monoisotopic (exact) mass is 190 g/mol. The quantitative estimate of drug-likeness (QED) is 0.662. The highest BCUT2D eigenvalue weighted by Gasteiger charge is 2.16. The predicted octanol–water partition coefficient (Wildman–Crippen LogP) is 1.59. The van der Waals surface area contributed by atoms with Gasteiger partial charge >= 0.3 is 0 Å². The number of methoxy groups -OCH3 is 1. The molecule has 3 unspecified atom stereocenters. The van der Waals surface area contributed by atoms with Gasteiger partial charge in [0.15, 0.2) is 0 Å². The number of aliphatic hydroxyl groups excluding tert-OH is 1. The minimum absolute atomic E-state index is 0.0551. The Morgan fingerprint density at radius 2 is 1.92 bits per heavy atom. The summed E-state index contributed by atoms with van der Waals surface area (Å²) < 4.78 is 10.7. The van der Waals surface area contributed by atoms with Crippen LogP contribution in [0.2, 0.25) is 0 Å². The van der Waals surface area contributed by atoms with Gasteiger partial charge in [-0.1, -0.05) is 13.3 Å². The van der Waals surface area contributed by atoms with Gasteiger partial charge in [0.2, 0.25) is 0 Å². The second-order valence-corrected chi connectivity index (χ2v) is 3.45. The SMILES string of the molecule is CCCC(OC)C(C)OCC(C)O. The molecule has 0 fully saturated rings. The molecule has 0 saturated heterocycles. The summed E-state index contributed by atoms with van der Waals surface area (Å²) in [5.41, 5.74) is 0. The van der Waals surface area contributed by atoms with Crippen LogP contribution >= 0.6 is 0 Å². The topological polar surface area (TPSA) is 38.7 Å². The Morgan fingerprint density at radius 1 is 1.31 bits per heavy atom. The first-order chi connectivity index (χ1) is 6.11. The van der Waals surface area contributed by atoms with Crippen LogP contribution in [0.5, 0.6) is 0 Å². The lowest BCUT2D eigenvalue weighted by Crippen LogP contribution is -2.30. The first kappa shape index (κ1) is 12.9. The van der Waals surface area contributed by atoms with Crippen LogP contribution in [0, 0.1) is 0 Å². The molecule has 80 valence electrons. The summed E-state index contributed by atoms with van der Waals surface area (Å²) in [7, 11) is 1.70. The van der Waals surface area contributed by atoms with Crippen molar-refractivity contribution in [1.29, 1.82) is 0 Å². The maximum absolute atomic E-state index is 9.02. The van der Waals surface area contributed by atoms with E-state index in [4.69, 9.17) is 14.6 Å². The van der Waals surface area contributed by atoms with Crippen LogP contribution < -0.4 is 0 Å². The second-order valence-electron chi connectivity index (χ2n) is 3.45. The molecule has 0 saturated carbocycles. The van der Waals surface area contributed by atoms with Crippen molar-refractivity contribution in [3.63, 3.8) is 0 Å². The maximum atomic E-state index is 9.02. The van der Waals surface area contributed by atoms with E-state index in [1.54, 1.807) is 14.0 Å². The van der Waals surface area contributed by atoms with Gasteiger partial charge < -0.3 is 14.6 Å². The van der Waals surface area contributed by atoms with Crippen molar-refractivity contribution in [2.45, 2.75) is 51.9 Å². The largest absolute Gasteiger partial charge is 0.391 e. The van der Waals surface area contributed by atoms with Gasteiger partial charge in [-0.3, -0.25) is 0 Å². The van der Waals surface area contributed by atoms with E-state index in [-0.39, 0.29) is 12.2 Å². The van der Waals surface area contributed by atoms with E-state index in [2.05, 4.69) is 6.92 Å². The summed E-state index contributed by atoms with van der Waals surface area (Å²) >= 11 is 0. The summed E-state index contributed by atoms with van der Waals surface area (Å²) in [5, 5.41) is 9.02. The molecule has 3 heteroatoms. The maximum Gasteiger partial charge on any atom is 0.0830 e. The molecule has 0 bridgehead atoms. The lowest BCUT2D eigenvalue weighted by atomic mass is 10.1. The van der Waals surface area contributed by atoms with Gasteiger partial charge in [-0.25, -0.2) is 0 Å². The third kappa shape index (κ3) is 6.02. The van der Waals surface area contributed by atoms with Crippen LogP contribution in [0.4, 0.5) is 0 Å². The van der Waals surface area contributed by atoms with Crippen LogP contribution in [0.3, 0.4) is 0 Å². The molecule has 0 radical (unpaired) electrons. The van der Waals surface area contributed by atoms with Gasteiger partial charge in [0, 0.05) is 7.11 Å². The number of hydrogen-bond acceptors (Lipinski definition) is 3. The van der Waals surface area contributed by atoms with Crippen molar-refractivity contribution in [2.24, 2.45) is 0 Å². The molecule has 1 N–H and O–H groups in total. The van der Waals surface area contributed by atoms with Crippen LogP contribution in [0.15, 0.2) is 0 Å². The molecule has 0 spiro atoms. The molecule has 0 aliphatic rings. The fourth-order valence-corrected chi connectivity index (χ4v) is 1.23. The van der Waals surface area contributed by atoms with Crippen molar-refractivity contribution >= 4 is 0 Å². The molecule has 3 nitrogen and oxygen atoms in total. The summed E-state index contributed by atoms with van der Waals surface area (Å²) in [6, 6.07) is 0. The Bertz CT molecular complexity index is 115. The van der Waals surface area contributed by atoms with Crippen molar-refractivity contribution in [1.82, 2.24) is 0 Å². The van der Waals surface area contributed by atoms with Gasteiger partial charge in [-0.05, 0) is 20.3 Å². The van der Waals surface area contributed by atoms with Crippen LogP contribution in [0.25, 0.3) is 0 Å². The molecule has 0 aliphatic carbocycles. The molecule has 0 aromatic heterocycles. The Hall–Kier alpha value is -0.120. The standard InChI is InChI=1S/C10H22O3/c1-5-6-10(12-4)9(3)13-7-8(2)11/h8-11H,5-7H2,1-4H3. The molecular formula is C10H22O3. The molecule has 0 aromatic rings. The van der Waals surface area contributed by atoms with Crippen molar-refractivity contribution in [3.8, 4) is 0 Å². The van der Waals surface area contributed by atoms with E-state index in [9.17, 15) is 0 Å². The molecule has 0 rings (SSSR count). The van der Waals surface area contributed by atoms with E-state index in [1.807, 2.05) is 6.92 Å². The zero-order valence-corrected chi connectivity index (χ0v) is 9.12. The summed E-state index contributed by atoms with van der Waals surface area (Å²) in [5.74, 6) is 0. The normalized spacial score (nSPS) is 18.2. The van der Waals surface area contributed by atoms with Gasteiger partial charge in [-0.2, -0.15) is 0 Å². The summed E-state index contributed by atoms with van der Waals surface area (Å²) in [6.07, 6.45) is 1.88. The van der Waals surface area contributed by atoms with Gasteiger partial charge in [-0.15, -0.1) is 0 Å². The van der Waals surface area contributed by atoms with E-state index in [0.29, 0.717) is 6.61 Å². The van der Waals surface area contributed by atoms with Crippen LogP contribution in [-0.2, 0) is 9.47 Å². The third-order valence-corrected chi connectivity index (χ3v) is 2.00. The number of rotatable bonds is 7.